The molecule has 0 aliphatic rings. The Morgan fingerprint density at radius 1 is 0.881 bits per heavy atom. The summed E-state index contributed by atoms with van der Waals surface area (Å²) in [6.45, 7) is 0.807. The molecule has 11 nitrogen and oxygen atoms in total. The van der Waals surface area contributed by atoms with Crippen molar-refractivity contribution >= 4 is 45.7 Å². The highest BCUT2D eigenvalue weighted by Crippen LogP contribution is 2.37. The van der Waals surface area contributed by atoms with Crippen molar-refractivity contribution in [3.63, 3.8) is 0 Å². The van der Waals surface area contributed by atoms with Crippen LogP contribution < -0.4 is 30.3 Å². The van der Waals surface area contributed by atoms with Crippen molar-refractivity contribution < 1.29 is 18.6 Å². The van der Waals surface area contributed by atoms with Gasteiger partial charge in [0.1, 0.15) is 18.1 Å². The highest BCUT2D eigenvalue weighted by atomic mass is 79.9. The summed E-state index contributed by atoms with van der Waals surface area (Å²) in [7, 11) is 3.21. The van der Waals surface area contributed by atoms with E-state index in [1.165, 1.54) is 0 Å². The molecule has 0 aliphatic carbocycles. The number of rotatable bonds is 13. The van der Waals surface area contributed by atoms with E-state index >= 15 is 0 Å². The topological polar surface area (TPSA) is 128 Å². The van der Waals surface area contributed by atoms with E-state index in [-0.39, 0.29) is 5.95 Å². The van der Waals surface area contributed by atoms with E-state index in [1.54, 1.807) is 26.7 Å². The van der Waals surface area contributed by atoms with E-state index in [9.17, 15) is 0 Å². The van der Waals surface area contributed by atoms with Gasteiger partial charge in [-0.05, 0) is 75.6 Å². The fourth-order valence-electron chi connectivity index (χ4n) is 3.79. The van der Waals surface area contributed by atoms with Crippen molar-refractivity contribution in [3.8, 4) is 17.2 Å². The summed E-state index contributed by atoms with van der Waals surface area (Å²) in [5, 5.41) is 10.7. The van der Waals surface area contributed by atoms with Gasteiger partial charge < -0.3 is 29.3 Å². The molecule has 0 bridgehead atoms. The number of halogens is 1. The number of nitrogens with zero attached hydrogens (tertiary/aromatic N) is 4. The zero-order chi connectivity index (χ0) is 29.1. The summed E-state index contributed by atoms with van der Waals surface area (Å²) in [6.07, 6.45) is 3.24. The summed E-state index contributed by atoms with van der Waals surface area (Å²) in [5.41, 5.74) is 5.48. The van der Waals surface area contributed by atoms with Crippen LogP contribution in [0.25, 0.3) is 0 Å². The molecule has 0 atom stereocenters. The van der Waals surface area contributed by atoms with Gasteiger partial charge in [-0.1, -0.05) is 30.3 Å². The first kappa shape index (κ1) is 28.4. The molecule has 0 saturated carbocycles. The molecule has 0 spiro atoms. The average molecular weight is 631 g/mol. The second-order valence-corrected chi connectivity index (χ2v) is 9.63. The van der Waals surface area contributed by atoms with E-state index in [0.29, 0.717) is 36.5 Å². The predicted octanol–water partition coefficient (Wildman–Crippen LogP) is 6.63. The molecular weight excluding hydrogens is 602 g/mol. The smallest absolute Gasteiger partial charge is 0.250 e. The number of hydrogen-bond acceptors (Lipinski definition) is 11. The van der Waals surface area contributed by atoms with Crippen molar-refractivity contribution in [3.05, 3.63) is 106 Å². The van der Waals surface area contributed by atoms with Crippen LogP contribution in [0.5, 0.6) is 17.2 Å². The van der Waals surface area contributed by atoms with Crippen molar-refractivity contribution in [1.82, 2.24) is 15.0 Å². The number of anilines is 4. The van der Waals surface area contributed by atoms with Crippen molar-refractivity contribution in [1.29, 1.82) is 0 Å². The lowest BCUT2D eigenvalue weighted by atomic mass is 10.2. The highest BCUT2D eigenvalue weighted by Gasteiger charge is 2.12. The lowest BCUT2D eigenvalue weighted by Crippen LogP contribution is -2.09. The van der Waals surface area contributed by atoms with Crippen LogP contribution >= 0.6 is 15.9 Å². The molecule has 5 rings (SSSR count). The zero-order valence-corrected chi connectivity index (χ0v) is 24.5. The maximum Gasteiger partial charge on any atom is 0.250 e. The second-order valence-electron chi connectivity index (χ2n) is 8.77. The molecule has 0 saturated heterocycles. The molecule has 2 heterocycles. The quantitative estimate of drug-likeness (QED) is 0.0964. The summed E-state index contributed by atoms with van der Waals surface area (Å²) in [6, 6.07) is 24.7. The molecule has 0 unspecified atom stereocenters. The van der Waals surface area contributed by atoms with E-state index in [4.69, 9.17) is 18.6 Å². The summed E-state index contributed by atoms with van der Waals surface area (Å²) >= 11 is 3.59. The van der Waals surface area contributed by atoms with Crippen LogP contribution in [0, 0.1) is 0 Å². The van der Waals surface area contributed by atoms with Crippen LogP contribution in [0.3, 0.4) is 0 Å². The Morgan fingerprint density at radius 2 is 1.67 bits per heavy atom. The van der Waals surface area contributed by atoms with Gasteiger partial charge in [0.2, 0.25) is 17.8 Å². The molecule has 42 heavy (non-hydrogen) atoms. The van der Waals surface area contributed by atoms with E-state index in [1.807, 2.05) is 78.9 Å². The summed E-state index contributed by atoms with van der Waals surface area (Å²) in [4.78, 5) is 13.4. The Balaban J connectivity index is 1.31. The van der Waals surface area contributed by atoms with E-state index in [2.05, 4.69) is 52.0 Å². The SMILES string of the molecule is COc1ccc(Nc2nc(NCc3ccco3)nc(NN=Cc3cc(Br)c(OCc4ccccc4)c(OC)c3)n2)cc1. The van der Waals surface area contributed by atoms with Gasteiger partial charge >= 0.3 is 0 Å². The van der Waals surface area contributed by atoms with Gasteiger partial charge in [-0.2, -0.15) is 20.1 Å². The molecule has 0 amide bonds. The third kappa shape index (κ3) is 7.76. The minimum atomic E-state index is 0.230. The number of hydrogen-bond donors (Lipinski definition) is 3. The molecule has 214 valence electrons. The fraction of sp³-hybridized carbons (Fsp3) is 0.133. The van der Waals surface area contributed by atoms with Crippen LogP contribution in [-0.2, 0) is 13.2 Å². The van der Waals surface area contributed by atoms with Crippen molar-refractivity contribution in [2.24, 2.45) is 5.10 Å². The summed E-state index contributed by atoms with van der Waals surface area (Å²) in [5.74, 6) is 3.53. The zero-order valence-electron chi connectivity index (χ0n) is 22.9. The molecule has 5 aromatic rings. The minimum absolute atomic E-state index is 0.230. The molecule has 0 radical (unpaired) electrons. The number of furan rings is 1. The van der Waals surface area contributed by atoms with Crippen LogP contribution in [0.2, 0.25) is 0 Å². The monoisotopic (exact) mass is 629 g/mol. The van der Waals surface area contributed by atoms with Gasteiger partial charge in [0.15, 0.2) is 11.5 Å². The number of hydrazone groups is 1. The van der Waals surface area contributed by atoms with Gasteiger partial charge in [-0.3, -0.25) is 0 Å². The van der Waals surface area contributed by atoms with Crippen molar-refractivity contribution in [2.75, 3.05) is 30.3 Å². The Labute approximate surface area is 251 Å². The average Bonchev–Trinajstić information content (AvgIpc) is 3.54. The number of aromatic nitrogens is 3. The predicted molar refractivity (Wildman–Crippen MR) is 165 cm³/mol. The van der Waals surface area contributed by atoms with E-state index < -0.39 is 0 Å². The number of ether oxygens (including phenoxy) is 3. The molecule has 3 aromatic carbocycles. The maximum absolute atomic E-state index is 6.02. The van der Waals surface area contributed by atoms with Gasteiger partial charge in [-0.25, -0.2) is 5.43 Å². The molecule has 3 N–H and O–H groups in total. The number of benzene rings is 3. The van der Waals surface area contributed by atoms with Gasteiger partial charge in [0.25, 0.3) is 0 Å². The van der Waals surface area contributed by atoms with Crippen LogP contribution in [0.1, 0.15) is 16.9 Å². The minimum Gasteiger partial charge on any atom is -0.497 e. The first-order chi connectivity index (χ1) is 20.6. The second kappa shape index (κ2) is 14.0. The van der Waals surface area contributed by atoms with Crippen LogP contribution in [0.4, 0.5) is 23.5 Å². The summed E-state index contributed by atoms with van der Waals surface area (Å²) < 4.78 is 23.0. The fourth-order valence-corrected chi connectivity index (χ4v) is 4.37. The number of methoxy groups -OCH3 is 2. The first-order valence-electron chi connectivity index (χ1n) is 12.9. The number of nitrogens with one attached hydrogen (secondary N) is 3. The highest BCUT2D eigenvalue weighted by molar-refractivity contribution is 9.10. The Hall–Kier alpha value is -5.10. The van der Waals surface area contributed by atoms with E-state index in [0.717, 1.165) is 32.8 Å². The Kier molecular flexibility index (Phi) is 9.47. The molecular formula is C30H28BrN7O4. The standard InChI is InChI=1S/C30H28BrN7O4/c1-39-23-12-10-22(11-13-23)34-29-35-28(32-18-24-9-6-14-41-24)36-30(37-29)38-33-17-21-15-25(31)27(26(16-21)40-2)42-19-20-7-4-3-5-8-20/h3-17H,18-19H2,1-2H3,(H3,32,34,35,36,37,38). The van der Waals surface area contributed by atoms with Gasteiger partial charge in [0.05, 0.1) is 37.7 Å². The van der Waals surface area contributed by atoms with Gasteiger partial charge in [-0.15, -0.1) is 0 Å². The Bertz CT molecular complexity index is 1620. The third-order valence-electron chi connectivity index (χ3n) is 5.84. The Morgan fingerprint density at radius 3 is 2.40 bits per heavy atom. The van der Waals surface area contributed by atoms with Crippen LogP contribution in [-0.4, -0.2) is 35.4 Å². The molecule has 0 fully saturated rings. The lowest BCUT2D eigenvalue weighted by Gasteiger charge is -2.13. The lowest BCUT2D eigenvalue weighted by molar-refractivity contribution is 0.282. The molecule has 0 aliphatic heterocycles. The van der Waals surface area contributed by atoms with Gasteiger partial charge in [0, 0.05) is 5.69 Å². The maximum atomic E-state index is 6.02. The first-order valence-corrected chi connectivity index (χ1v) is 13.7. The van der Waals surface area contributed by atoms with Crippen LogP contribution in [0.15, 0.2) is 99.1 Å². The molecule has 12 heteroatoms. The molecule has 2 aromatic heterocycles. The van der Waals surface area contributed by atoms with Crippen molar-refractivity contribution in [2.45, 2.75) is 13.2 Å². The third-order valence-corrected chi connectivity index (χ3v) is 6.43. The normalized spacial score (nSPS) is 10.8. The largest absolute Gasteiger partial charge is 0.497 e.